The highest BCUT2D eigenvalue weighted by atomic mass is 16.2. The summed E-state index contributed by atoms with van der Waals surface area (Å²) in [6.07, 6.45) is 13.9. The fraction of sp³-hybridized carbons (Fsp3) is 0.423. The van der Waals surface area contributed by atoms with Crippen LogP contribution in [0.3, 0.4) is 0 Å². The molecule has 2 amide bonds. The van der Waals surface area contributed by atoms with Gasteiger partial charge < -0.3 is 15.1 Å². The van der Waals surface area contributed by atoms with Gasteiger partial charge >= 0.3 is 0 Å². The van der Waals surface area contributed by atoms with Crippen molar-refractivity contribution in [3.63, 3.8) is 0 Å². The number of pyridine rings is 1. The molecule has 1 aromatic rings. The van der Waals surface area contributed by atoms with Crippen LogP contribution in [0.2, 0.25) is 0 Å². The second-order valence-electron chi connectivity index (χ2n) is 9.16. The molecule has 1 aromatic heterocycles. The first-order valence-corrected chi connectivity index (χ1v) is 11.4. The van der Waals surface area contributed by atoms with Crippen LogP contribution in [0.5, 0.6) is 0 Å². The van der Waals surface area contributed by atoms with Gasteiger partial charge in [-0.2, -0.15) is 0 Å². The monoisotopic (exact) mass is 432 g/mol. The van der Waals surface area contributed by atoms with E-state index >= 15 is 0 Å². The molecule has 0 saturated carbocycles. The summed E-state index contributed by atoms with van der Waals surface area (Å²) < 4.78 is 0. The van der Waals surface area contributed by atoms with Crippen molar-refractivity contribution in [2.24, 2.45) is 11.8 Å². The molecule has 1 saturated heterocycles. The molecular formula is C26H32N4O2. The van der Waals surface area contributed by atoms with Crippen LogP contribution in [0.4, 0.5) is 5.82 Å². The summed E-state index contributed by atoms with van der Waals surface area (Å²) in [6.45, 7) is 7.93. The van der Waals surface area contributed by atoms with Crippen LogP contribution >= 0.6 is 0 Å². The van der Waals surface area contributed by atoms with E-state index in [1.165, 1.54) is 16.8 Å². The number of hydrogen-bond donors (Lipinski definition) is 1. The van der Waals surface area contributed by atoms with Crippen molar-refractivity contribution in [2.45, 2.75) is 40.0 Å². The van der Waals surface area contributed by atoms with Crippen molar-refractivity contribution >= 4 is 23.7 Å². The second kappa shape index (κ2) is 9.15. The van der Waals surface area contributed by atoms with Crippen molar-refractivity contribution in [2.75, 3.05) is 25.5 Å². The fourth-order valence-corrected chi connectivity index (χ4v) is 5.10. The fourth-order valence-electron chi connectivity index (χ4n) is 5.10. The molecule has 6 nitrogen and oxygen atoms in total. The normalized spacial score (nSPS) is 22.1. The van der Waals surface area contributed by atoms with Gasteiger partial charge in [-0.15, -0.1) is 0 Å². The number of amides is 2. The van der Waals surface area contributed by atoms with Gasteiger partial charge in [0.15, 0.2) is 0 Å². The van der Waals surface area contributed by atoms with Crippen molar-refractivity contribution in [1.29, 1.82) is 0 Å². The first-order valence-electron chi connectivity index (χ1n) is 11.4. The molecule has 4 rings (SSSR count). The van der Waals surface area contributed by atoms with Crippen LogP contribution in [0.25, 0.3) is 6.08 Å². The van der Waals surface area contributed by atoms with E-state index in [-0.39, 0.29) is 11.8 Å². The van der Waals surface area contributed by atoms with Crippen LogP contribution in [-0.2, 0) is 16.0 Å². The molecule has 32 heavy (non-hydrogen) atoms. The molecule has 1 aliphatic carbocycles. The quantitative estimate of drug-likeness (QED) is 0.710. The van der Waals surface area contributed by atoms with E-state index in [2.05, 4.69) is 54.4 Å². The van der Waals surface area contributed by atoms with E-state index in [0.29, 0.717) is 30.5 Å². The third-order valence-corrected chi connectivity index (χ3v) is 6.49. The van der Waals surface area contributed by atoms with Crippen molar-refractivity contribution in [3.8, 4) is 0 Å². The molecule has 2 aliphatic heterocycles. The van der Waals surface area contributed by atoms with Gasteiger partial charge in [0.1, 0.15) is 5.82 Å². The maximum Gasteiger partial charge on any atom is 0.246 e. The molecule has 1 fully saturated rings. The number of rotatable bonds is 5. The van der Waals surface area contributed by atoms with E-state index in [1.54, 1.807) is 12.3 Å². The molecule has 0 spiro atoms. The van der Waals surface area contributed by atoms with Gasteiger partial charge in [0, 0.05) is 44.5 Å². The average Bonchev–Trinajstić information content (AvgIpc) is 3.31. The van der Waals surface area contributed by atoms with E-state index in [0.717, 1.165) is 30.6 Å². The summed E-state index contributed by atoms with van der Waals surface area (Å²) in [4.78, 5) is 32.8. The molecule has 168 valence electrons. The number of nitrogens with zero attached hydrogens (tertiary/aromatic N) is 3. The molecule has 3 aliphatic rings. The molecule has 0 radical (unpaired) electrons. The van der Waals surface area contributed by atoms with Crippen molar-refractivity contribution in [1.82, 2.24) is 14.8 Å². The third kappa shape index (κ3) is 4.54. The van der Waals surface area contributed by atoms with Crippen LogP contribution in [0.1, 0.15) is 44.7 Å². The number of likely N-dealkylation sites (tertiary alicyclic amines) is 1. The topological polar surface area (TPSA) is 65.5 Å². The van der Waals surface area contributed by atoms with Gasteiger partial charge in [0.05, 0.1) is 0 Å². The molecule has 2 unspecified atom stereocenters. The SMILES string of the molecule is C/C=C\N(C)C(C1=CC2CN(C(=O)/C=C/c3cnc4c(c3)CCC(=O)N4)CC2C1)=C(C)C. The lowest BCUT2D eigenvalue weighted by atomic mass is 9.99. The summed E-state index contributed by atoms with van der Waals surface area (Å²) in [5.41, 5.74) is 5.91. The maximum absolute atomic E-state index is 12.8. The van der Waals surface area contributed by atoms with Crippen LogP contribution < -0.4 is 5.32 Å². The number of anilines is 1. The van der Waals surface area contributed by atoms with E-state index < -0.39 is 0 Å². The first-order chi connectivity index (χ1) is 15.4. The summed E-state index contributed by atoms with van der Waals surface area (Å²) in [6, 6.07) is 2.00. The zero-order valence-electron chi connectivity index (χ0n) is 19.4. The van der Waals surface area contributed by atoms with Gasteiger partial charge in [-0.05, 0) is 80.5 Å². The minimum atomic E-state index is 0.00504. The predicted octanol–water partition coefficient (Wildman–Crippen LogP) is 4.14. The Morgan fingerprint density at radius 2 is 2.09 bits per heavy atom. The van der Waals surface area contributed by atoms with Gasteiger partial charge in [-0.25, -0.2) is 4.98 Å². The zero-order valence-corrected chi connectivity index (χ0v) is 19.4. The Labute approximate surface area is 190 Å². The molecule has 2 atom stereocenters. The van der Waals surface area contributed by atoms with E-state index in [4.69, 9.17) is 0 Å². The standard InChI is InChI=1S/C26H32N4O2/c1-5-10-29(4)25(17(2)3)20-12-21-15-30(16-22(21)13-20)24(32)9-6-18-11-19-7-8-23(31)28-26(19)27-14-18/h5-6,9-12,14,21-22H,7-8,13,15-16H2,1-4H3,(H,27,28,31)/b9-6+,10-5-. The van der Waals surface area contributed by atoms with E-state index in [9.17, 15) is 9.59 Å². The summed E-state index contributed by atoms with van der Waals surface area (Å²) in [5.74, 6) is 1.60. The molecule has 1 N–H and O–H groups in total. The average molecular weight is 433 g/mol. The molecule has 3 heterocycles. The lowest BCUT2D eigenvalue weighted by Crippen LogP contribution is -2.27. The minimum absolute atomic E-state index is 0.00504. The van der Waals surface area contributed by atoms with Gasteiger partial charge in [0.2, 0.25) is 11.8 Å². The molecule has 0 bridgehead atoms. The Bertz CT molecular complexity index is 1050. The first kappa shape index (κ1) is 22.1. The number of carbonyl (C=O) groups excluding carboxylic acids is 2. The maximum atomic E-state index is 12.8. The highest BCUT2D eigenvalue weighted by molar-refractivity contribution is 5.94. The van der Waals surface area contributed by atoms with Gasteiger partial charge in [-0.1, -0.05) is 17.7 Å². The Hall–Kier alpha value is -3.15. The van der Waals surface area contributed by atoms with Gasteiger partial charge in [-0.3, -0.25) is 9.59 Å². The van der Waals surface area contributed by atoms with E-state index in [1.807, 2.05) is 24.0 Å². The Morgan fingerprint density at radius 1 is 1.28 bits per heavy atom. The highest BCUT2D eigenvalue weighted by Crippen LogP contribution is 2.41. The lowest BCUT2D eigenvalue weighted by molar-refractivity contribution is -0.125. The third-order valence-electron chi connectivity index (χ3n) is 6.49. The Morgan fingerprint density at radius 3 is 2.81 bits per heavy atom. The van der Waals surface area contributed by atoms with Crippen molar-refractivity contribution < 1.29 is 9.59 Å². The summed E-state index contributed by atoms with van der Waals surface area (Å²) >= 11 is 0. The summed E-state index contributed by atoms with van der Waals surface area (Å²) in [7, 11) is 2.10. The number of nitrogens with one attached hydrogen (secondary N) is 1. The van der Waals surface area contributed by atoms with Crippen LogP contribution in [0.15, 0.2) is 53.5 Å². The predicted molar refractivity (Wildman–Crippen MR) is 127 cm³/mol. The zero-order chi connectivity index (χ0) is 22.8. The largest absolute Gasteiger partial charge is 0.351 e. The lowest BCUT2D eigenvalue weighted by Gasteiger charge is -2.23. The van der Waals surface area contributed by atoms with Crippen LogP contribution in [-0.4, -0.2) is 46.7 Å². The number of allylic oxidation sites excluding steroid dienone is 3. The Balaban J connectivity index is 1.40. The second-order valence-corrected chi connectivity index (χ2v) is 9.16. The molecular weight excluding hydrogens is 400 g/mol. The highest BCUT2D eigenvalue weighted by Gasteiger charge is 2.38. The van der Waals surface area contributed by atoms with Crippen LogP contribution in [0, 0.1) is 11.8 Å². The molecule has 6 heteroatoms. The minimum Gasteiger partial charge on any atom is -0.351 e. The molecule has 0 aromatic carbocycles. The number of fused-ring (bicyclic) bond motifs is 2. The number of carbonyl (C=O) groups is 2. The van der Waals surface area contributed by atoms with Crippen molar-refractivity contribution in [3.05, 3.63) is 64.7 Å². The summed E-state index contributed by atoms with van der Waals surface area (Å²) in [5, 5.41) is 2.79. The smallest absolute Gasteiger partial charge is 0.246 e. The number of hydrogen-bond acceptors (Lipinski definition) is 4. The Kier molecular flexibility index (Phi) is 6.31. The number of aryl methyl sites for hydroxylation is 1. The number of aromatic nitrogens is 1. The van der Waals surface area contributed by atoms with Gasteiger partial charge in [0.25, 0.3) is 0 Å². The number of likely N-dealkylation sites (N-methyl/N-ethyl adjacent to an activating group) is 1.